The molecule has 0 aromatic heterocycles. The lowest BCUT2D eigenvalue weighted by Gasteiger charge is -2.25. The van der Waals surface area contributed by atoms with Crippen LogP contribution in [0.15, 0.2) is 18.2 Å². The van der Waals surface area contributed by atoms with Crippen molar-refractivity contribution < 1.29 is 9.66 Å². The fourth-order valence-corrected chi connectivity index (χ4v) is 2.45. The molecular weight excluding hydrogens is 256 g/mol. The van der Waals surface area contributed by atoms with Gasteiger partial charge in [-0.05, 0) is 18.9 Å². The molecular formula is C12H15ClN2O3. The molecule has 1 fully saturated rings. The van der Waals surface area contributed by atoms with Crippen LogP contribution in [-0.2, 0) is 11.2 Å². The smallest absolute Gasteiger partial charge is 0.274 e. The Bertz CT molecular complexity index is 459. The molecule has 1 heterocycles. The molecule has 0 amide bonds. The maximum atomic E-state index is 11.0. The number of rotatable bonds is 4. The Labute approximate surface area is 110 Å². The van der Waals surface area contributed by atoms with Gasteiger partial charge in [0.25, 0.3) is 5.69 Å². The van der Waals surface area contributed by atoms with Crippen LogP contribution in [0.1, 0.15) is 12.0 Å². The van der Waals surface area contributed by atoms with Crippen LogP contribution in [0.5, 0.6) is 0 Å². The van der Waals surface area contributed by atoms with Crippen molar-refractivity contribution >= 4 is 17.3 Å². The van der Waals surface area contributed by atoms with E-state index in [0.717, 1.165) is 6.42 Å². The highest BCUT2D eigenvalue weighted by Crippen LogP contribution is 2.35. The molecule has 1 unspecified atom stereocenters. The van der Waals surface area contributed by atoms with E-state index < -0.39 is 4.92 Å². The quantitative estimate of drug-likeness (QED) is 0.672. The first-order valence-corrected chi connectivity index (χ1v) is 6.15. The van der Waals surface area contributed by atoms with Crippen LogP contribution in [0.3, 0.4) is 0 Å². The predicted molar refractivity (Wildman–Crippen MR) is 68.7 cm³/mol. The molecule has 2 N–H and O–H groups in total. The van der Waals surface area contributed by atoms with E-state index in [1.54, 1.807) is 12.1 Å². The van der Waals surface area contributed by atoms with Crippen molar-refractivity contribution in [2.75, 3.05) is 19.8 Å². The first kappa shape index (κ1) is 13.3. The Morgan fingerprint density at radius 2 is 2.33 bits per heavy atom. The lowest BCUT2D eigenvalue weighted by molar-refractivity contribution is -0.385. The molecule has 1 atom stereocenters. The van der Waals surface area contributed by atoms with Gasteiger partial charge in [0.05, 0.1) is 11.5 Å². The van der Waals surface area contributed by atoms with Gasteiger partial charge in [-0.2, -0.15) is 0 Å². The topological polar surface area (TPSA) is 78.4 Å². The minimum Gasteiger partial charge on any atom is -0.381 e. The van der Waals surface area contributed by atoms with Gasteiger partial charge in [0.1, 0.15) is 0 Å². The third-order valence-electron chi connectivity index (χ3n) is 3.43. The fourth-order valence-electron chi connectivity index (χ4n) is 2.28. The SMILES string of the molecule is NCC1(Cc2ccc(Cl)cc2[N+](=O)[O-])CCOC1. The number of nitrogens with zero attached hydrogens (tertiary/aromatic N) is 1. The summed E-state index contributed by atoms with van der Waals surface area (Å²) < 4.78 is 5.37. The molecule has 6 heteroatoms. The minimum atomic E-state index is -0.402. The summed E-state index contributed by atoms with van der Waals surface area (Å²) in [4.78, 5) is 10.6. The summed E-state index contributed by atoms with van der Waals surface area (Å²) >= 11 is 5.79. The van der Waals surface area contributed by atoms with Crippen molar-refractivity contribution in [3.05, 3.63) is 38.9 Å². The summed E-state index contributed by atoms with van der Waals surface area (Å²) in [6.45, 7) is 1.69. The second-order valence-electron chi connectivity index (χ2n) is 4.71. The van der Waals surface area contributed by atoms with Crippen molar-refractivity contribution in [3.8, 4) is 0 Å². The van der Waals surface area contributed by atoms with Crippen molar-refractivity contribution in [2.24, 2.45) is 11.1 Å². The van der Waals surface area contributed by atoms with E-state index in [-0.39, 0.29) is 11.1 Å². The molecule has 1 aromatic carbocycles. The average Bonchev–Trinajstić information content (AvgIpc) is 2.80. The molecule has 0 radical (unpaired) electrons. The molecule has 0 saturated carbocycles. The molecule has 1 aliphatic rings. The zero-order valence-electron chi connectivity index (χ0n) is 9.89. The number of hydrogen-bond donors (Lipinski definition) is 1. The Balaban J connectivity index is 2.30. The fraction of sp³-hybridized carbons (Fsp3) is 0.500. The Morgan fingerprint density at radius 1 is 1.56 bits per heavy atom. The van der Waals surface area contributed by atoms with Crippen molar-refractivity contribution in [2.45, 2.75) is 12.8 Å². The summed E-state index contributed by atoms with van der Waals surface area (Å²) in [7, 11) is 0. The van der Waals surface area contributed by atoms with Crippen molar-refractivity contribution in [3.63, 3.8) is 0 Å². The summed E-state index contributed by atoms with van der Waals surface area (Å²) in [5.41, 5.74) is 6.34. The van der Waals surface area contributed by atoms with Crippen LogP contribution in [-0.4, -0.2) is 24.7 Å². The number of hydrogen-bond acceptors (Lipinski definition) is 4. The zero-order chi connectivity index (χ0) is 13.2. The first-order valence-electron chi connectivity index (χ1n) is 5.77. The Hall–Kier alpha value is -1.17. The third-order valence-corrected chi connectivity index (χ3v) is 3.66. The van der Waals surface area contributed by atoms with Gasteiger partial charge in [0.2, 0.25) is 0 Å². The minimum absolute atomic E-state index is 0.0576. The number of nitro benzene ring substituents is 1. The average molecular weight is 271 g/mol. The van der Waals surface area contributed by atoms with Crippen molar-refractivity contribution in [1.82, 2.24) is 0 Å². The lowest BCUT2D eigenvalue weighted by atomic mass is 9.80. The van der Waals surface area contributed by atoms with Crippen LogP contribution in [0, 0.1) is 15.5 Å². The second kappa shape index (κ2) is 5.22. The normalized spacial score (nSPS) is 23.2. The number of nitrogens with two attached hydrogens (primary N) is 1. The molecule has 2 rings (SSSR count). The largest absolute Gasteiger partial charge is 0.381 e. The van der Waals surface area contributed by atoms with Gasteiger partial charge in [-0.1, -0.05) is 17.7 Å². The van der Waals surface area contributed by atoms with Crippen molar-refractivity contribution in [1.29, 1.82) is 0 Å². The number of ether oxygens (including phenoxy) is 1. The van der Waals surface area contributed by atoms with Crippen LogP contribution >= 0.6 is 11.6 Å². The summed E-state index contributed by atoms with van der Waals surface area (Å²) in [6.07, 6.45) is 1.39. The van der Waals surface area contributed by atoms with E-state index in [1.807, 2.05) is 0 Å². The van der Waals surface area contributed by atoms with E-state index in [1.165, 1.54) is 6.07 Å². The second-order valence-corrected chi connectivity index (χ2v) is 5.15. The van der Waals surface area contributed by atoms with Crippen LogP contribution in [0.2, 0.25) is 5.02 Å². The number of nitro groups is 1. The number of benzene rings is 1. The Morgan fingerprint density at radius 3 is 2.89 bits per heavy atom. The van der Waals surface area contributed by atoms with Crippen LogP contribution in [0.4, 0.5) is 5.69 Å². The molecule has 1 aliphatic heterocycles. The van der Waals surface area contributed by atoms with Gasteiger partial charge in [-0.25, -0.2) is 0 Å². The summed E-state index contributed by atoms with van der Waals surface area (Å²) in [6, 6.07) is 4.76. The van der Waals surface area contributed by atoms with E-state index >= 15 is 0 Å². The summed E-state index contributed by atoms with van der Waals surface area (Å²) in [5, 5.41) is 11.4. The van der Waals surface area contributed by atoms with Gasteiger partial charge in [0, 0.05) is 35.2 Å². The highest BCUT2D eigenvalue weighted by atomic mass is 35.5. The maximum Gasteiger partial charge on any atom is 0.274 e. The van der Waals surface area contributed by atoms with Crippen LogP contribution in [0.25, 0.3) is 0 Å². The van der Waals surface area contributed by atoms with E-state index in [9.17, 15) is 10.1 Å². The Kier molecular flexibility index (Phi) is 3.85. The van der Waals surface area contributed by atoms with Gasteiger partial charge >= 0.3 is 0 Å². The van der Waals surface area contributed by atoms with Gasteiger partial charge in [0.15, 0.2) is 0 Å². The predicted octanol–water partition coefficient (Wildman–Crippen LogP) is 2.16. The van der Waals surface area contributed by atoms with Gasteiger partial charge in [-0.3, -0.25) is 10.1 Å². The van der Waals surface area contributed by atoms with E-state index in [4.69, 9.17) is 22.1 Å². The highest BCUT2D eigenvalue weighted by molar-refractivity contribution is 6.30. The lowest BCUT2D eigenvalue weighted by Crippen LogP contribution is -2.33. The van der Waals surface area contributed by atoms with Gasteiger partial charge in [-0.15, -0.1) is 0 Å². The standard InChI is InChI=1S/C12H15ClN2O3/c13-10-2-1-9(11(5-10)15(16)17)6-12(7-14)3-4-18-8-12/h1-2,5H,3-4,6-8,14H2. The van der Waals surface area contributed by atoms with Crippen LogP contribution < -0.4 is 5.73 Å². The monoisotopic (exact) mass is 270 g/mol. The highest BCUT2D eigenvalue weighted by Gasteiger charge is 2.35. The van der Waals surface area contributed by atoms with E-state index in [2.05, 4.69) is 0 Å². The molecule has 98 valence electrons. The number of halogens is 1. The zero-order valence-corrected chi connectivity index (χ0v) is 10.7. The van der Waals surface area contributed by atoms with Gasteiger partial charge < -0.3 is 10.5 Å². The maximum absolute atomic E-state index is 11.0. The molecule has 5 nitrogen and oxygen atoms in total. The third kappa shape index (κ3) is 2.63. The molecule has 0 spiro atoms. The molecule has 0 aliphatic carbocycles. The molecule has 1 saturated heterocycles. The molecule has 1 aromatic rings. The summed E-state index contributed by atoms with van der Waals surface area (Å²) in [5.74, 6) is 0. The molecule has 0 bridgehead atoms. The molecule has 18 heavy (non-hydrogen) atoms. The first-order chi connectivity index (χ1) is 8.56. The van der Waals surface area contributed by atoms with E-state index in [0.29, 0.717) is 36.8 Å².